The molecule has 10 heavy (non-hydrogen) atoms. The zero-order valence-corrected chi connectivity index (χ0v) is 5.53. The third-order valence-corrected chi connectivity index (χ3v) is 1.17. The third kappa shape index (κ3) is 2.17. The highest BCUT2D eigenvalue weighted by Crippen LogP contribution is 1.99. The van der Waals surface area contributed by atoms with Crippen molar-refractivity contribution in [2.45, 2.75) is 6.61 Å². The summed E-state index contributed by atoms with van der Waals surface area (Å²) in [7, 11) is 0. The lowest BCUT2D eigenvalue weighted by Gasteiger charge is -1.97. The number of hydrogen-bond donors (Lipinski definition) is 1. The number of aliphatic hydroxyl groups is 1. The van der Waals surface area contributed by atoms with Gasteiger partial charge in [-0.15, -0.1) is 0 Å². The summed E-state index contributed by atoms with van der Waals surface area (Å²) < 4.78 is 4.65. The highest BCUT2D eigenvalue weighted by molar-refractivity contribution is 5.13. The Labute approximate surface area is 60.1 Å². The van der Waals surface area contributed by atoms with Gasteiger partial charge in [-0.3, -0.25) is 0 Å². The smallest absolute Gasteiger partial charge is 0.207 e. The Hall–Kier alpha value is -0.860. The van der Waals surface area contributed by atoms with E-state index in [1.807, 2.05) is 30.3 Å². The maximum Gasteiger partial charge on any atom is 0.207 e. The number of rotatable bonds is 3. The van der Waals surface area contributed by atoms with Crippen LogP contribution in [-0.4, -0.2) is 5.11 Å². The van der Waals surface area contributed by atoms with Crippen LogP contribution < -0.4 is 0 Å². The molecule has 0 amide bonds. The summed E-state index contributed by atoms with van der Waals surface area (Å²) in [5, 5.41) is 8.18. The molecular formula is C8H9O2. The first kappa shape index (κ1) is 7.25. The van der Waals surface area contributed by atoms with Gasteiger partial charge >= 0.3 is 0 Å². The highest BCUT2D eigenvalue weighted by atomic mass is 16.6. The quantitative estimate of drug-likeness (QED) is 0.687. The summed E-state index contributed by atoms with van der Waals surface area (Å²) in [6.07, 6.45) is 0. The minimum Gasteiger partial charge on any atom is -0.364 e. The lowest BCUT2D eigenvalue weighted by Crippen LogP contribution is -1.87. The highest BCUT2D eigenvalue weighted by Gasteiger charge is 1.87. The second-order valence-electron chi connectivity index (χ2n) is 1.90. The molecule has 0 unspecified atom stereocenters. The van der Waals surface area contributed by atoms with E-state index in [1.165, 1.54) is 0 Å². The van der Waals surface area contributed by atoms with E-state index in [-0.39, 0.29) is 0 Å². The molecule has 0 heterocycles. The fourth-order valence-corrected chi connectivity index (χ4v) is 0.708. The average molecular weight is 137 g/mol. The van der Waals surface area contributed by atoms with Crippen molar-refractivity contribution in [3.05, 3.63) is 42.7 Å². The average Bonchev–Trinajstić information content (AvgIpc) is 2.03. The molecule has 1 aromatic rings. The van der Waals surface area contributed by atoms with Crippen LogP contribution in [0.4, 0.5) is 0 Å². The third-order valence-electron chi connectivity index (χ3n) is 1.17. The maximum absolute atomic E-state index is 8.18. The number of aliphatic hydroxyl groups excluding tert-OH is 1. The summed E-state index contributed by atoms with van der Waals surface area (Å²) in [5.41, 5.74) is 1.05. The predicted octanol–water partition coefficient (Wildman–Crippen LogP) is 1.69. The fraction of sp³-hybridized carbons (Fsp3) is 0.125. The van der Waals surface area contributed by atoms with Crippen molar-refractivity contribution in [3.8, 4) is 0 Å². The topological polar surface area (TPSA) is 29.5 Å². The van der Waals surface area contributed by atoms with Gasteiger partial charge in [0.25, 0.3) is 0 Å². The van der Waals surface area contributed by atoms with Crippen molar-refractivity contribution >= 4 is 0 Å². The fourth-order valence-electron chi connectivity index (χ4n) is 0.708. The van der Waals surface area contributed by atoms with E-state index in [0.717, 1.165) is 5.56 Å². The number of benzene rings is 1. The first-order chi connectivity index (χ1) is 4.93. The van der Waals surface area contributed by atoms with Crippen LogP contribution in [0.1, 0.15) is 5.56 Å². The van der Waals surface area contributed by atoms with Gasteiger partial charge in [-0.1, -0.05) is 30.3 Å². The van der Waals surface area contributed by atoms with E-state index in [1.54, 1.807) is 0 Å². The summed E-state index contributed by atoms with van der Waals surface area (Å²) in [4.78, 5) is 0. The number of hydrogen-bond acceptors (Lipinski definition) is 2. The molecular weight excluding hydrogens is 128 g/mol. The van der Waals surface area contributed by atoms with Gasteiger partial charge in [0, 0.05) is 0 Å². The summed E-state index contributed by atoms with van der Waals surface area (Å²) in [6, 6.07) is 9.66. The van der Waals surface area contributed by atoms with Gasteiger partial charge in [0.2, 0.25) is 6.79 Å². The van der Waals surface area contributed by atoms with Crippen molar-refractivity contribution in [1.82, 2.24) is 0 Å². The lowest BCUT2D eigenvalue weighted by atomic mass is 10.2. The van der Waals surface area contributed by atoms with E-state index < -0.39 is 0 Å². The molecule has 0 atom stereocenters. The van der Waals surface area contributed by atoms with Gasteiger partial charge in [0.05, 0.1) is 6.61 Å². The van der Waals surface area contributed by atoms with Crippen LogP contribution in [-0.2, 0) is 11.3 Å². The molecule has 1 aromatic carbocycles. The van der Waals surface area contributed by atoms with E-state index in [4.69, 9.17) is 5.11 Å². The molecule has 2 heteroatoms. The van der Waals surface area contributed by atoms with Crippen molar-refractivity contribution in [1.29, 1.82) is 0 Å². The molecule has 0 aliphatic rings. The first-order valence-corrected chi connectivity index (χ1v) is 3.05. The Morgan fingerprint density at radius 3 is 2.60 bits per heavy atom. The zero-order valence-electron chi connectivity index (χ0n) is 5.53. The Balaban J connectivity index is 2.43. The van der Waals surface area contributed by atoms with Crippen LogP contribution in [0.3, 0.4) is 0 Å². The monoisotopic (exact) mass is 137 g/mol. The Bertz CT molecular complexity index is 172. The number of ether oxygens (including phenoxy) is 1. The summed E-state index contributed by atoms with van der Waals surface area (Å²) in [6.45, 7) is 1.13. The lowest BCUT2D eigenvalue weighted by molar-refractivity contribution is 0.0677. The summed E-state index contributed by atoms with van der Waals surface area (Å²) >= 11 is 0. The van der Waals surface area contributed by atoms with Crippen LogP contribution in [0.2, 0.25) is 0 Å². The molecule has 0 aromatic heterocycles. The molecule has 0 aliphatic carbocycles. The van der Waals surface area contributed by atoms with E-state index in [0.29, 0.717) is 13.4 Å². The minimum absolute atomic E-state index is 0.428. The van der Waals surface area contributed by atoms with E-state index >= 15 is 0 Å². The molecule has 2 nitrogen and oxygen atoms in total. The van der Waals surface area contributed by atoms with Crippen molar-refractivity contribution < 1.29 is 9.84 Å². The Morgan fingerprint density at radius 2 is 2.00 bits per heavy atom. The molecule has 0 saturated carbocycles. The maximum atomic E-state index is 8.18. The van der Waals surface area contributed by atoms with Crippen molar-refractivity contribution in [2.24, 2.45) is 0 Å². The van der Waals surface area contributed by atoms with Gasteiger partial charge in [0.15, 0.2) is 0 Å². The van der Waals surface area contributed by atoms with E-state index in [2.05, 4.69) is 4.74 Å². The Kier molecular flexibility index (Phi) is 2.93. The molecule has 0 spiro atoms. The molecule has 1 rings (SSSR count). The van der Waals surface area contributed by atoms with Crippen LogP contribution in [0.5, 0.6) is 0 Å². The molecule has 53 valence electrons. The molecule has 1 N–H and O–H groups in total. The minimum atomic E-state index is 0.428. The van der Waals surface area contributed by atoms with Crippen LogP contribution in [0.25, 0.3) is 0 Å². The standard InChI is InChI=1S/C8H9O2/c9-7-10-6-8-4-2-1-3-5-8/h1-5,7,9H,6H2. The molecule has 0 bridgehead atoms. The van der Waals surface area contributed by atoms with Gasteiger partial charge in [0.1, 0.15) is 0 Å². The molecule has 0 aliphatic heterocycles. The van der Waals surface area contributed by atoms with Crippen LogP contribution in [0.15, 0.2) is 30.3 Å². The molecule has 0 saturated heterocycles. The second kappa shape index (κ2) is 4.04. The van der Waals surface area contributed by atoms with E-state index in [9.17, 15) is 0 Å². The van der Waals surface area contributed by atoms with Crippen molar-refractivity contribution in [3.63, 3.8) is 0 Å². The van der Waals surface area contributed by atoms with Crippen LogP contribution in [0, 0.1) is 6.79 Å². The first-order valence-electron chi connectivity index (χ1n) is 3.05. The normalized spacial score (nSPS) is 9.70. The zero-order chi connectivity index (χ0) is 7.23. The van der Waals surface area contributed by atoms with Gasteiger partial charge in [-0.05, 0) is 5.56 Å². The van der Waals surface area contributed by atoms with Gasteiger partial charge in [-0.25, -0.2) is 0 Å². The largest absolute Gasteiger partial charge is 0.364 e. The summed E-state index contributed by atoms with van der Waals surface area (Å²) in [5.74, 6) is 0. The molecule has 0 fully saturated rings. The molecule has 1 radical (unpaired) electrons. The van der Waals surface area contributed by atoms with Gasteiger partial charge < -0.3 is 9.84 Å². The predicted molar refractivity (Wildman–Crippen MR) is 37.5 cm³/mol. The van der Waals surface area contributed by atoms with Gasteiger partial charge in [-0.2, -0.15) is 0 Å². The van der Waals surface area contributed by atoms with Crippen LogP contribution >= 0.6 is 0 Å². The SMILES string of the molecule is O[CH]OCc1ccccc1. The Morgan fingerprint density at radius 1 is 1.30 bits per heavy atom. The second-order valence-corrected chi connectivity index (χ2v) is 1.90. The van der Waals surface area contributed by atoms with Crippen molar-refractivity contribution in [2.75, 3.05) is 0 Å².